The van der Waals surface area contributed by atoms with E-state index in [1.54, 1.807) is 30.3 Å². The van der Waals surface area contributed by atoms with Crippen molar-refractivity contribution in [1.82, 2.24) is 0 Å². The Hall–Kier alpha value is -1.74. The third-order valence-electron chi connectivity index (χ3n) is 2.05. The number of rotatable bonds is 0. The predicted octanol–water partition coefficient (Wildman–Crippen LogP) is 2.27. The van der Waals surface area contributed by atoms with Crippen LogP contribution < -0.4 is 0 Å². The number of aromatic hydroxyl groups is 2. The number of ether oxygens (including phenoxy) is 1. The van der Waals surface area contributed by atoms with Gasteiger partial charge in [-0.1, -0.05) is 12.1 Å². The molecule has 1 heterocycles. The lowest BCUT2D eigenvalue weighted by molar-refractivity contribution is 0.474. The Balaban J connectivity index is 0.000000244. The van der Waals surface area contributed by atoms with Crippen molar-refractivity contribution < 1.29 is 14.9 Å². The molecule has 2 N–H and O–H groups in total. The first-order valence-corrected chi connectivity index (χ1v) is 4.76. The molecule has 0 saturated carbocycles. The largest absolute Gasteiger partial charge is 0.508 e. The van der Waals surface area contributed by atoms with E-state index in [1.165, 1.54) is 0 Å². The van der Waals surface area contributed by atoms with Crippen molar-refractivity contribution >= 4 is 10.8 Å². The van der Waals surface area contributed by atoms with Gasteiger partial charge in [-0.2, -0.15) is 0 Å². The van der Waals surface area contributed by atoms with Crippen LogP contribution in [0.25, 0.3) is 10.8 Å². The van der Waals surface area contributed by atoms with E-state index >= 15 is 0 Å². The van der Waals surface area contributed by atoms with E-state index in [0.717, 1.165) is 24.0 Å². The molecule has 0 aliphatic carbocycles. The summed E-state index contributed by atoms with van der Waals surface area (Å²) in [5.74, 6) is 0.459. The van der Waals surface area contributed by atoms with Gasteiger partial charge in [0.25, 0.3) is 0 Å². The zero-order chi connectivity index (χ0) is 10.7. The number of hydrogen-bond acceptors (Lipinski definition) is 3. The number of epoxide rings is 1. The molecule has 1 aliphatic heterocycles. The van der Waals surface area contributed by atoms with E-state index in [-0.39, 0.29) is 11.5 Å². The quantitative estimate of drug-likeness (QED) is 0.647. The summed E-state index contributed by atoms with van der Waals surface area (Å²) in [7, 11) is 0. The smallest absolute Gasteiger partial charge is 0.123 e. The average Bonchev–Trinajstić information content (AvgIpc) is 3.04. The van der Waals surface area contributed by atoms with Gasteiger partial charge in [0.05, 0.1) is 13.2 Å². The van der Waals surface area contributed by atoms with Gasteiger partial charge in [-0.05, 0) is 29.7 Å². The van der Waals surface area contributed by atoms with Crippen LogP contribution in [0.4, 0.5) is 0 Å². The monoisotopic (exact) mass is 204 g/mol. The highest BCUT2D eigenvalue weighted by Gasteiger charge is 1.98. The summed E-state index contributed by atoms with van der Waals surface area (Å²) in [4.78, 5) is 0. The van der Waals surface area contributed by atoms with Gasteiger partial charge >= 0.3 is 0 Å². The van der Waals surface area contributed by atoms with E-state index < -0.39 is 0 Å². The molecule has 3 rings (SSSR count). The molecule has 0 amide bonds. The number of benzene rings is 2. The average molecular weight is 204 g/mol. The van der Waals surface area contributed by atoms with Crippen molar-refractivity contribution in [1.29, 1.82) is 0 Å². The zero-order valence-corrected chi connectivity index (χ0v) is 8.18. The maximum Gasteiger partial charge on any atom is 0.123 e. The van der Waals surface area contributed by atoms with Crippen LogP contribution >= 0.6 is 0 Å². The molecule has 15 heavy (non-hydrogen) atoms. The van der Waals surface area contributed by atoms with Crippen LogP contribution in [-0.2, 0) is 4.74 Å². The van der Waals surface area contributed by atoms with Gasteiger partial charge in [0, 0.05) is 5.39 Å². The first kappa shape index (κ1) is 9.80. The first-order valence-electron chi connectivity index (χ1n) is 4.76. The lowest BCUT2D eigenvalue weighted by atomic mass is 10.1. The minimum Gasteiger partial charge on any atom is -0.508 e. The second-order valence-electron chi connectivity index (χ2n) is 3.29. The molecule has 2 aromatic rings. The van der Waals surface area contributed by atoms with Gasteiger partial charge in [0.1, 0.15) is 11.5 Å². The fourth-order valence-corrected chi connectivity index (χ4v) is 1.25. The van der Waals surface area contributed by atoms with Crippen LogP contribution in [0.1, 0.15) is 0 Å². The van der Waals surface area contributed by atoms with E-state index in [1.807, 2.05) is 6.07 Å². The van der Waals surface area contributed by atoms with Gasteiger partial charge < -0.3 is 14.9 Å². The van der Waals surface area contributed by atoms with Gasteiger partial charge in [-0.3, -0.25) is 0 Å². The van der Waals surface area contributed by atoms with E-state index in [2.05, 4.69) is 4.74 Å². The van der Waals surface area contributed by atoms with Gasteiger partial charge in [0.15, 0.2) is 0 Å². The number of fused-ring (bicyclic) bond motifs is 1. The Bertz CT molecular complexity index is 461. The summed E-state index contributed by atoms with van der Waals surface area (Å²) in [5.41, 5.74) is 0. The molecule has 2 aromatic carbocycles. The van der Waals surface area contributed by atoms with Crippen molar-refractivity contribution in [2.24, 2.45) is 0 Å². The van der Waals surface area contributed by atoms with Crippen LogP contribution in [0.3, 0.4) is 0 Å². The van der Waals surface area contributed by atoms with E-state index in [9.17, 15) is 5.11 Å². The third-order valence-corrected chi connectivity index (χ3v) is 2.05. The maximum atomic E-state index is 9.38. The summed E-state index contributed by atoms with van der Waals surface area (Å²) in [6.07, 6.45) is 0. The van der Waals surface area contributed by atoms with Crippen molar-refractivity contribution in [3.05, 3.63) is 36.4 Å². The Morgan fingerprint density at radius 1 is 1.00 bits per heavy atom. The summed E-state index contributed by atoms with van der Waals surface area (Å²) in [5, 5.41) is 20.1. The molecular formula is C12H12O3. The van der Waals surface area contributed by atoms with Crippen LogP contribution in [0, 0.1) is 0 Å². The summed E-state index contributed by atoms with van der Waals surface area (Å²) < 4.78 is 4.50. The molecule has 0 spiro atoms. The Morgan fingerprint density at radius 3 is 2.40 bits per heavy atom. The predicted molar refractivity (Wildman–Crippen MR) is 58.1 cm³/mol. The topological polar surface area (TPSA) is 53.0 Å². The maximum absolute atomic E-state index is 9.38. The van der Waals surface area contributed by atoms with Gasteiger partial charge in [-0.25, -0.2) is 0 Å². The minimum atomic E-state index is 0.216. The first-order chi connectivity index (χ1) is 7.27. The van der Waals surface area contributed by atoms with Crippen LogP contribution in [-0.4, -0.2) is 23.4 Å². The molecule has 0 unspecified atom stereocenters. The van der Waals surface area contributed by atoms with Crippen molar-refractivity contribution in [3.63, 3.8) is 0 Å². The molecule has 0 bridgehead atoms. The molecule has 78 valence electrons. The summed E-state index contributed by atoms with van der Waals surface area (Å²) >= 11 is 0. The number of hydrogen-bond donors (Lipinski definition) is 2. The molecular weight excluding hydrogens is 192 g/mol. The molecule has 0 radical (unpaired) electrons. The van der Waals surface area contributed by atoms with Crippen molar-refractivity contribution in [2.75, 3.05) is 13.2 Å². The van der Waals surface area contributed by atoms with E-state index in [0.29, 0.717) is 0 Å². The highest BCUT2D eigenvalue weighted by atomic mass is 16.6. The second kappa shape index (κ2) is 4.19. The molecule has 3 heteroatoms. The molecule has 1 fully saturated rings. The molecule has 0 aromatic heterocycles. The van der Waals surface area contributed by atoms with Crippen LogP contribution in [0.2, 0.25) is 0 Å². The van der Waals surface area contributed by atoms with Crippen LogP contribution in [0.15, 0.2) is 36.4 Å². The Morgan fingerprint density at radius 2 is 1.73 bits per heavy atom. The highest BCUT2D eigenvalue weighted by Crippen LogP contribution is 2.26. The second-order valence-corrected chi connectivity index (χ2v) is 3.29. The SMILES string of the molecule is C1CO1.Oc1ccc2c(O)cccc2c1. The third kappa shape index (κ3) is 2.60. The fraction of sp³-hybridized carbons (Fsp3) is 0.167. The minimum absolute atomic E-state index is 0.216. The van der Waals surface area contributed by atoms with Crippen molar-refractivity contribution in [2.45, 2.75) is 0 Å². The Labute approximate surface area is 87.5 Å². The lowest BCUT2D eigenvalue weighted by Gasteiger charge is -1.99. The Kier molecular flexibility index (Phi) is 2.74. The van der Waals surface area contributed by atoms with Gasteiger partial charge in [-0.15, -0.1) is 0 Å². The number of phenols is 2. The highest BCUT2D eigenvalue weighted by molar-refractivity contribution is 5.88. The molecule has 0 atom stereocenters. The summed E-state index contributed by atoms with van der Waals surface area (Å²) in [6, 6.07) is 10.1. The van der Waals surface area contributed by atoms with Gasteiger partial charge in [0.2, 0.25) is 0 Å². The molecule has 3 nitrogen and oxygen atoms in total. The zero-order valence-electron chi connectivity index (χ0n) is 8.18. The lowest BCUT2D eigenvalue weighted by Crippen LogP contribution is -1.72. The van der Waals surface area contributed by atoms with E-state index in [4.69, 9.17) is 5.11 Å². The molecule has 1 aliphatic rings. The standard InChI is InChI=1S/C10H8O2.C2H4O/c11-8-4-5-9-7(6-8)2-1-3-10(9)12;1-2-3-1/h1-6,11-12H;1-2H2. The fourth-order valence-electron chi connectivity index (χ4n) is 1.25. The number of phenolic OH excluding ortho intramolecular Hbond substituents is 2. The van der Waals surface area contributed by atoms with Crippen molar-refractivity contribution in [3.8, 4) is 11.5 Å². The normalized spacial score (nSPS) is 13.1. The van der Waals surface area contributed by atoms with Crippen LogP contribution in [0.5, 0.6) is 11.5 Å². The molecule has 1 saturated heterocycles. The summed E-state index contributed by atoms with van der Waals surface area (Å²) in [6.45, 7) is 2.00.